The molecule has 8 N–H and O–H groups in total. The van der Waals surface area contributed by atoms with Crippen molar-refractivity contribution < 1.29 is 34.8 Å². The summed E-state index contributed by atoms with van der Waals surface area (Å²) >= 11 is 0. The van der Waals surface area contributed by atoms with E-state index in [0.29, 0.717) is 24.2 Å². The van der Waals surface area contributed by atoms with Gasteiger partial charge in [-0.3, -0.25) is 19.3 Å². The highest BCUT2D eigenvalue weighted by Crippen LogP contribution is 2.52. The fourth-order valence-electron chi connectivity index (χ4n) is 6.51. The monoisotopic (exact) mass is 556 g/mol. The van der Waals surface area contributed by atoms with Crippen LogP contribution < -0.4 is 16.4 Å². The maximum Gasteiger partial charge on any atom is 0.255 e. The number of fused-ring (bicyclic) bond motifs is 3. The van der Waals surface area contributed by atoms with Gasteiger partial charge in [0.15, 0.2) is 11.4 Å². The number of amides is 1. The molecule has 0 heterocycles. The summed E-state index contributed by atoms with van der Waals surface area (Å²) in [6.45, 7) is 7.75. The second-order valence-electron chi connectivity index (χ2n) is 12.6. The van der Waals surface area contributed by atoms with Gasteiger partial charge in [0.1, 0.15) is 22.8 Å². The minimum absolute atomic E-state index is 0.0180. The molecule has 1 aromatic carbocycles. The number of aliphatic hydroxyl groups excluding tert-OH is 2. The second kappa shape index (κ2) is 10.3. The molecule has 0 fully saturated rings. The zero-order chi connectivity index (χ0) is 29.9. The van der Waals surface area contributed by atoms with E-state index >= 15 is 0 Å². The number of aliphatic hydroxyl groups is 3. The van der Waals surface area contributed by atoms with E-state index < -0.39 is 58.0 Å². The Morgan fingerprint density at radius 3 is 2.35 bits per heavy atom. The van der Waals surface area contributed by atoms with Crippen molar-refractivity contribution >= 4 is 17.5 Å². The molecule has 11 nitrogen and oxygen atoms in total. The van der Waals surface area contributed by atoms with Crippen LogP contribution >= 0.6 is 0 Å². The summed E-state index contributed by atoms with van der Waals surface area (Å²) in [6.07, 6.45) is 0.314. The lowest BCUT2D eigenvalue weighted by Crippen LogP contribution is -2.63. The van der Waals surface area contributed by atoms with Crippen LogP contribution in [0.4, 0.5) is 0 Å². The standard InChI is InChI=1S/C29H40N4O7/c1-28(2,3)12-32-11-14-7-15(10-31-4)22(34)19-16(14)8-13-9-17-21(33(5)6)24(36)20(27(30)39)26(38)29(17,40)25(37)18(13)23(19)35/h7,13,17,21,31-32,34,36-37,40H,8-12H2,1-6H3,(H2,30,39)/t13-,17-,21-,29-/m0/s1. The predicted molar refractivity (Wildman–Crippen MR) is 148 cm³/mol. The van der Waals surface area contributed by atoms with Crippen LogP contribution in [-0.4, -0.2) is 82.1 Å². The van der Waals surface area contributed by atoms with E-state index in [-0.39, 0.29) is 41.7 Å². The largest absolute Gasteiger partial charge is 0.510 e. The minimum Gasteiger partial charge on any atom is -0.510 e. The number of primary amides is 1. The number of rotatable bonds is 7. The lowest BCUT2D eigenvalue weighted by molar-refractivity contribution is -0.148. The molecule has 4 rings (SSSR count). The first kappa shape index (κ1) is 29.7. The number of phenols is 1. The van der Waals surface area contributed by atoms with Crippen molar-refractivity contribution in [1.82, 2.24) is 15.5 Å². The Hall–Kier alpha value is -3.25. The topological polar surface area (TPSA) is 185 Å². The zero-order valence-corrected chi connectivity index (χ0v) is 23.9. The molecule has 0 unspecified atom stereocenters. The van der Waals surface area contributed by atoms with Crippen molar-refractivity contribution in [2.75, 3.05) is 27.7 Å². The highest BCUT2D eigenvalue weighted by molar-refractivity contribution is 6.24. The summed E-state index contributed by atoms with van der Waals surface area (Å²) in [7, 11) is 4.93. The Morgan fingerprint density at radius 1 is 1.15 bits per heavy atom. The average molecular weight is 557 g/mol. The maximum atomic E-state index is 14.0. The number of nitrogens with two attached hydrogens (primary N) is 1. The number of Topliss-reactive ketones (excluding diaryl/α,β-unsaturated/α-hetero) is 2. The van der Waals surface area contributed by atoms with Crippen molar-refractivity contribution in [3.63, 3.8) is 0 Å². The third-order valence-corrected chi connectivity index (χ3v) is 8.23. The summed E-state index contributed by atoms with van der Waals surface area (Å²) in [6, 6.07) is 0.839. The SMILES string of the molecule is CNCc1cc(CNCC(C)(C)C)c2c(c1O)C(=O)C1=C(O)[C@]3(O)C(=O)C(C(N)=O)=C(O)[C@@H](N(C)C)[C@@H]3C[C@@H]1C2. The van der Waals surface area contributed by atoms with E-state index in [2.05, 4.69) is 31.4 Å². The molecule has 0 radical (unpaired) electrons. The quantitative estimate of drug-likeness (QED) is 0.239. The van der Waals surface area contributed by atoms with Crippen molar-refractivity contribution in [2.45, 2.75) is 58.3 Å². The molecule has 11 heteroatoms. The third kappa shape index (κ3) is 4.60. The lowest BCUT2D eigenvalue weighted by atomic mass is 9.58. The summed E-state index contributed by atoms with van der Waals surface area (Å²) in [5, 5.41) is 51.8. The molecule has 0 aliphatic heterocycles. The first-order valence-corrected chi connectivity index (χ1v) is 13.4. The Kier molecular flexibility index (Phi) is 7.65. The van der Waals surface area contributed by atoms with Crippen LogP contribution in [0.5, 0.6) is 5.75 Å². The number of carbonyl (C=O) groups is 3. The minimum atomic E-state index is -2.65. The van der Waals surface area contributed by atoms with Gasteiger partial charge in [-0.25, -0.2) is 0 Å². The maximum absolute atomic E-state index is 14.0. The fourth-order valence-corrected chi connectivity index (χ4v) is 6.51. The summed E-state index contributed by atoms with van der Waals surface area (Å²) < 4.78 is 0. The van der Waals surface area contributed by atoms with Crippen LogP contribution in [0.3, 0.4) is 0 Å². The van der Waals surface area contributed by atoms with Crippen LogP contribution in [0.2, 0.25) is 0 Å². The highest BCUT2D eigenvalue weighted by Gasteiger charge is 2.63. The highest BCUT2D eigenvalue weighted by atomic mass is 16.3. The van der Waals surface area contributed by atoms with E-state index in [9.17, 15) is 34.8 Å². The molecule has 4 atom stereocenters. The van der Waals surface area contributed by atoms with Gasteiger partial charge in [-0.15, -0.1) is 0 Å². The van der Waals surface area contributed by atoms with Crippen LogP contribution in [0.15, 0.2) is 28.7 Å². The molecule has 0 spiro atoms. The number of hydrogen-bond donors (Lipinski definition) is 7. The molecule has 1 aromatic rings. The Labute approximate surface area is 233 Å². The van der Waals surface area contributed by atoms with E-state index in [1.165, 1.54) is 4.90 Å². The molecule has 1 amide bonds. The molecule has 3 aliphatic rings. The van der Waals surface area contributed by atoms with Gasteiger partial charge in [0, 0.05) is 36.7 Å². The number of hydrogen-bond acceptors (Lipinski definition) is 10. The van der Waals surface area contributed by atoms with Crippen LogP contribution in [0, 0.1) is 17.3 Å². The molecule has 0 aromatic heterocycles. The zero-order valence-electron chi connectivity index (χ0n) is 23.9. The van der Waals surface area contributed by atoms with E-state index in [0.717, 1.165) is 5.56 Å². The van der Waals surface area contributed by atoms with E-state index in [1.807, 2.05) is 6.07 Å². The van der Waals surface area contributed by atoms with Gasteiger partial charge >= 0.3 is 0 Å². The summed E-state index contributed by atoms with van der Waals surface area (Å²) in [4.78, 5) is 41.2. The van der Waals surface area contributed by atoms with Crippen LogP contribution in [-0.2, 0) is 29.1 Å². The summed E-state index contributed by atoms with van der Waals surface area (Å²) in [5.41, 5.74) is 3.77. The number of carbonyl (C=O) groups excluding carboxylic acids is 3. The molecular weight excluding hydrogens is 516 g/mol. The third-order valence-electron chi connectivity index (χ3n) is 8.23. The van der Waals surface area contributed by atoms with Gasteiger partial charge in [-0.05, 0) is 62.5 Å². The van der Waals surface area contributed by atoms with E-state index in [1.54, 1.807) is 21.1 Å². The molecule has 0 saturated carbocycles. The van der Waals surface area contributed by atoms with Gasteiger partial charge in [-0.2, -0.15) is 0 Å². The number of nitrogens with zero attached hydrogens (tertiary/aromatic N) is 1. The van der Waals surface area contributed by atoms with Crippen LogP contribution in [0.1, 0.15) is 54.2 Å². The Bertz CT molecular complexity index is 1340. The van der Waals surface area contributed by atoms with Crippen molar-refractivity contribution in [1.29, 1.82) is 0 Å². The van der Waals surface area contributed by atoms with Gasteiger partial charge in [-0.1, -0.05) is 20.8 Å². The number of benzene rings is 1. The predicted octanol–water partition coefficient (Wildman–Crippen LogP) is 0.976. The van der Waals surface area contributed by atoms with Crippen molar-refractivity contribution in [3.05, 3.63) is 51.0 Å². The number of ketones is 2. The number of phenolic OH excluding ortho intramolecular Hbond substituents is 1. The summed E-state index contributed by atoms with van der Waals surface area (Å²) in [5.74, 6) is -6.52. The smallest absolute Gasteiger partial charge is 0.255 e. The number of allylic oxidation sites excluding steroid dienone is 1. The molecule has 0 bridgehead atoms. The van der Waals surface area contributed by atoms with Gasteiger partial charge < -0.3 is 36.8 Å². The molecule has 40 heavy (non-hydrogen) atoms. The van der Waals surface area contributed by atoms with Crippen molar-refractivity contribution in [3.8, 4) is 5.75 Å². The second-order valence-corrected chi connectivity index (χ2v) is 12.6. The lowest BCUT2D eigenvalue weighted by Gasteiger charge is -2.50. The Balaban J connectivity index is 1.90. The number of likely N-dealkylation sites (N-methyl/N-ethyl adjacent to an activating group) is 1. The fraction of sp³-hybridized carbons (Fsp3) is 0.552. The Morgan fingerprint density at radius 2 is 1.80 bits per heavy atom. The van der Waals surface area contributed by atoms with Gasteiger partial charge in [0.25, 0.3) is 5.91 Å². The molecule has 0 saturated heterocycles. The number of nitrogens with one attached hydrogen (secondary N) is 2. The van der Waals surface area contributed by atoms with Gasteiger partial charge in [0.2, 0.25) is 5.78 Å². The first-order valence-electron chi connectivity index (χ1n) is 13.4. The molecular formula is C29H40N4O7. The average Bonchev–Trinajstić information content (AvgIpc) is 2.83. The van der Waals surface area contributed by atoms with Crippen molar-refractivity contribution in [2.24, 2.45) is 23.0 Å². The van der Waals surface area contributed by atoms with Gasteiger partial charge in [0.05, 0.1) is 11.6 Å². The normalized spacial score (nSPS) is 26.6. The molecule has 3 aliphatic carbocycles. The number of aromatic hydroxyl groups is 1. The first-order chi connectivity index (χ1) is 18.6. The van der Waals surface area contributed by atoms with E-state index in [4.69, 9.17) is 5.73 Å². The molecule has 218 valence electrons. The van der Waals surface area contributed by atoms with Crippen LogP contribution in [0.25, 0.3) is 0 Å².